The summed E-state index contributed by atoms with van der Waals surface area (Å²) >= 11 is 0. The van der Waals surface area contributed by atoms with Crippen LogP contribution >= 0.6 is 0 Å². The Kier molecular flexibility index (Phi) is 3.60. The Labute approximate surface area is 92.5 Å². The van der Waals surface area contributed by atoms with Crippen LogP contribution in [0, 0.1) is 5.92 Å². The van der Waals surface area contributed by atoms with E-state index in [1.54, 1.807) is 6.92 Å². The van der Waals surface area contributed by atoms with E-state index in [-0.39, 0.29) is 5.75 Å². The Morgan fingerprint density at radius 3 is 2.47 bits per heavy atom. The zero-order valence-electron chi connectivity index (χ0n) is 9.82. The molecule has 0 spiro atoms. The Hall–Kier alpha value is -0.770. The molecular weight excluding hydrogens is 210 g/mol. The largest absolute Gasteiger partial charge is 0.271 e. The van der Waals surface area contributed by atoms with Crippen LogP contribution < -0.4 is 0 Å². The molecular formula is C11H19NO2S. The smallest absolute Gasteiger partial charge is 0.234 e. The molecule has 0 atom stereocenters. The Bertz CT molecular complexity index is 391. The average molecular weight is 229 g/mol. The van der Waals surface area contributed by atoms with Crippen molar-refractivity contribution in [2.24, 2.45) is 5.92 Å². The van der Waals surface area contributed by atoms with Gasteiger partial charge in [-0.25, -0.2) is 8.42 Å². The van der Waals surface area contributed by atoms with E-state index in [1.807, 2.05) is 19.1 Å². The third-order valence-electron chi connectivity index (χ3n) is 2.63. The van der Waals surface area contributed by atoms with E-state index in [2.05, 4.69) is 13.8 Å². The second-order valence-corrected chi connectivity index (χ2v) is 6.26. The molecule has 0 aromatic heterocycles. The first-order chi connectivity index (χ1) is 6.88. The molecule has 0 amide bonds. The Balaban J connectivity index is 2.94. The summed E-state index contributed by atoms with van der Waals surface area (Å²) in [6, 6.07) is 0. The average Bonchev–Trinajstić information content (AvgIpc) is 2.17. The summed E-state index contributed by atoms with van der Waals surface area (Å²) in [4.78, 5) is 0. The van der Waals surface area contributed by atoms with Crippen molar-refractivity contribution in [3.63, 3.8) is 0 Å². The lowest BCUT2D eigenvalue weighted by molar-refractivity contribution is 0.497. The molecule has 0 aromatic rings. The van der Waals surface area contributed by atoms with Crippen LogP contribution in [0.25, 0.3) is 0 Å². The SMILES string of the molecule is CCS(=O)(=O)N1CC=C(C(C)C)C=C1C. The van der Waals surface area contributed by atoms with Crippen molar-refractivity contribution >= 4 is 10.0 Å². The van der Waals surface area contributed by atoms with Crippen LogP contribution in [0.5, 0.6) is 0 Å². The van der Waals surface area contributed by atoms with E-state index in [1.165, 1.54) is 9.88 Å². The molecule has 0 saturated carbocycles. The molecule has 1 aliphatic heterocycles. The van der Waals surface area contributed by atoms with Crippen molar-refractivity contribution in [3.8, 4) is 0 Å². The molecule has 0 N–H and O–H groups in total. The minimum Gasteiger partial charge on any atom is -0.271 e. The quantitative estimate of drug-likeness (QED) is 0.743. The molecule has 0 fully saturated rings. The van der Waals surface area contributed by atoms with Gasteiger partial charge in [0.05, 0.1) is 12.3 Å². The fraction of sp³-hybridized carbons (Fsp3) is 0.636. The maximum absolute atomic E-state index is 11.7. The van der Waals surface area contributed by atoms with Gasteiger partial charge in [-0.05, 0) is 31.4 Å². The van der Waals surface area contributed by atoms with Crippen molar-refractivity contribution in [2.45, 2.75) is 27.7 Å². The van der Waals surface area contributed by atoms with Crippen molar-refractivity contribution in [1.82, 2.24) is 4.31 Å². The lowest BCUT2D eigenvalue weighted by Gasteiger charge is -2.27. The van der Waals surface area contributed by atoms with E-state index in [0.29, 0.717) is 12.5 Å². The van der Waals surface area contributed by atoms with E-state index < -0.39 is 10.0 Å². The van der Waals surface area contributed by atoms with E-state index >= 15 is 0 Å². The predicted octanol–water partition coefficient (Wildman–Crippen LogP) is 2.14. The third-order valence-corrected chi connectivity index (χ3v) is 4.47. The van der Waals surface area contributed by atoms with Gasteiger partial charge in [0.15, 0.2) is 0 Å². The summed E-state index contributed by atoms with van der Waals surface area (Å²) in [6.07, 6.45) is 3.95. The zero-order chi connectivity index (χ0) is 11.6. The molecule has 86 valence electrons. The normalized spacial score (nSPS) is 17.8. The van der Waals surface area contributed by atoms with Crippen LogP contribution in [-0.2, 0) is 10.0 Å². The van der Waals surface area contributed by atoms with E-state index in [0.717, 1.165) is 5.70 Å². The van der Waals surface area contributed by atoms with Gasteiger partial charge in [-0.2, -0.15) is 0 Å². The molecule has 0 bridgehead atoms. The van der Waals surface area contributed by atoms with Gasteiger partial charge in [-0.1, -0.05) is 19.9 Å². The van der Waals surface area contributed by atoms with E-state index in [9.17, 15) is 8.42 Å². The Morgan fingerprint density at radius 2 is 2.07 bits per heavy atom. The number of rotatable bonds is 3. The predicted molar refractivity (Wildman–Crippen MR) is 62.8 cm³/mol. The van der Waals surface area contributed by atoms with Crippen LogP contribution in [0.3, 0.4) is 0 Å². The molecule has 0 radical (unpaired) electrons. The molecule has 1 aliphatic rings. The lowest BCUT2D eigenvalue weighted by atomic mass is 10.0. The summed E-state index contributed by atoms with van der Waals surface area (Å²) in [6.45, 7) is 8.22. The van der Waals surface area contributed by atoms with Crippen LogP contribution in [0.4, 0.5) is 0 Å². The molecule has 0 aromatic carbocycles. The van der Waals surface area contributed by atoms with Gasteiger partial charge in [0.1, 0.15) is 0 Å². The van der Waals surface area contributed by atoms with Gasteiger partial charge in [-0.15, -0.1) is 0 Å². The fourth-order valence-corrected chi connectivity index (χ4v) is 2.70. The molecule has 4 heteroatoms. The summed E-state index contributed by atoms with van der Waals surface area (Å²) in [5.74, 6) is 0.606. The molecule has 1 rings (SSSR count). The van der Waals surface area contributed by atoms with Gasteiger partial charge >= 0.3 is 0 Å². The number of hydrogen-bond acceptors (Lipinski definition) is 2. The highest BCUT2D eigenvalue weighted by atomic mass is 32.2. The maximum atomic E-state index is 11.7. The number of nitrogens with zero attached hydrogens (tertiary/aromatic N) is 1. The van der Waals surface area contributed by atoms with Crippen molar-refractivity contribution in [3.05, 3.63) is 23.4 Å². The number of hydrogen-bond donors (Lipinski definition) is 0. The minimum atomic E-state index is -3.10. The molecule has 3 nitrogen and oxygen atoms in total. The van der Waals surface area contributed by atoms with Crippen molar-refractivity contribution in [2.75, 3.05) is 12.3 Å². The first-order valence-corrected chi connectivity index (χ1v) is 6.88. The van der Waals surface area contributed by atoms with Crippen LogP contribution in [0.1, 0.15) is 27.7 Å². The fourth-order valence-electron chi connectivity index (χ4n) is 1.60. The summed E-state index contributed by atoms with van der Waals surface area (Å²) < 4.78 is 24.9. The summed E-state index contributed by atoms with van der Waals surface area (Å²) in [5, 5.41) is 0. The lowest BCUT2D eigenvalue weighted by Crippen LogP contribution is -2.33. The van der Waals surface area contributed by atoms with Gasteiger partial charge in [0.25, 0.3) is 0 Å². The molecule has 0 aliphatic carbocycles. The topological polar surface area (TPSA) is 37.4 Å². The van der Waals surface area contributed by atoms with Crippen LogP contribution in [-0.4, -0.2) is 25.0 Å². The third kappa shape index (κ3) is 2.62. The van der Waals surface area contributed by atoms with E-state index in [4.69, 9.17) is 0 Å². The van der Waals surface area contributed by atoms with Gasteiger partial charge in [-0.3, -0.25) is 4.31 Å². The summed E-state index contributed by atoms with van der Waals surface area (Å²) in [7, 11) is -3.10. The molecule has 0 unspecified atom stereocenters. The highest BCUT2D eigenvalue weighted by molar-refractivity contribution is 7.89. The van der Waals surface area contributed by atoms with Crippen molar-refractivity contribution in [1.29, 1.82) is 0 Å². The first-order valence-electron chi connectivity index (χ1n) is 5.27. The zero-order valence-corrected chi connectivity index (χ0v) is 10.6. The second-order valence-electron chi connectivity index (χ2n) is 4.08. The van der Waals surface area contributed by atoms with Crippen LogP contribution in [0.2, 0.25) is 0 Å². The molecule has 15 heavy (non-hydrogen) atoms. The summed E-state index contributed by atoms with van der Waals surface area (Å²) in [5.41, 5.74) is 2.04. The maximum Gasteiger partial charge on any atom is 0.234 e. The van der Waals surface area contributed by atoms with Crippen molar-refractivity contribution < 1.29 is 8.42 Å². The van der Waals surface area contributed by atoms with Gasteiger partial charge in [0.2, 0.25) is 10.0 Å². The highest BCUT2D eigenvalue weighted by Gasteiger charge is 2.22. The minimum absolute atomic E-state index is 0.156. The van der Waals surface area contributed by atoms with Crippen LogP contribution in [0.15, 0.2) is 23.4 Å². The standard InChI is InChI=1S/C11H19NO2S/c1-5-15(13,14)12-7-6-11(9(2)3)8-10(12)4/h6,8-9H,5,7H2,1-4H3. The Morgan fingerprint density at radius 1 is 1.47 bits per heavy atom. The first kappa shape index (κ1) is 12.3. The number of allylic oxidation sites excluding steroid dienone is 3. The highest BCUT2D eigenvalue weighted by Crippen LogP contribution is 2.22. The van der Waals surface area contributed by atoms with Gasteiger partial charge < -0.3 is 0 Å². The number of sulfonamides is 1. The monoisotopic (exact) mass is 229 g/mol. The molecule has 1 heterocycles. The molecule has 0 saturated heterocycles. The second kappa shape index (κ2) is 4.39. The van der Waals surface area contributed by atoms with Gasteiger partial charge in [0, 0.05) is 5.70 Å².